The first-order valence-electron chi connectivity index (χ1n) is 4.44. The number of halogens is 1. The SMILES string of the molecule is CC(CO)Sc1ccc(S(N)(=O)=O)cc1F. The third kappa shape index (κ3) is 3.44. The van der Waals surface area contributed by atoms with Gasteiger partial charge in [0.15, 0.2) is 0 Å². The van der Waals surface area contributed by atoms with E-state index in [1.165, 1.54) is 12.1 Å². The third-order valence-corrected chi connectivity index (χ3v) is 3.86. The average molecular weight is 265 g/mol. The number of hydrogen-bond donors (Lipinski definition) is 2. The molecule has 0 radical (unpaired) electrons. The summed E-state index contributed by atoms with van der Waals surface area (Å²) in [5.74, 6) is -0.656. The van der Waals surface area contributed by atoms with Crippen LogP contribution in [0, 0.1) is 5.82 Å². The summed E-state index contributed by atoms with van der Waals surface area (Å²) in [5.41, 5.74) is 0. The fraction of sp³-hybridized carbons (Fsp3) is 0.333. The van der Waals surface area contributed by atoms with Gasteiger partial charge in [-0.1, -0.05) is 6.92 Å². The van der Waals surface area contributed by atoms with Crippen molar-refractivity contribution in [3.05, 3.63) is 24.0 Å². The molecule has 1 unspecified atom stereocenters. The molecule has 1 aromatic carbocycles. The van der Waals surface area contributed by atoms with Crippen molar-refractivity contribution in [3.63, 3.8) is 0 Å². The Morgan fingerprint density at radius 2 is 2.19 bits per heavy atom. The predicted octanol–water partition coefficient (Wildman–Crippen LogP) is 0.946. The number of hydrogen-bond acceptors (Lipinski definition) is 4. The van der Waals surface area contributed by atoms with Gasteiger partial charge >= 0.3 is 0 Å². The number of nitrogens with two attached hydrogens (primary N) is 1. The minimum absolute atomic E-state index is 0.0823. The maximum Gasteiger partial charge on any atom is 0.238 e. The first-order chi connectivity index (χ1) is 7.34. The highest BCUT2D eigenvalue weighted by molar-refractivity contribution is 8.00. The molecule has 0 amide bonds. The second kappa shape index (κ2) is 5.13. The number of rotatable bonds is 4. The second-order valence-corrected chi connectivity index (χ2v) is 6.29. The molecular weight excluding hydrogens is 253 g/mol. The smallest absolute Gasteiger partial charge is 0.238 e. The topological polar surface area (TPSA) is 80.4 Å². The Morgan fingerprint density at radius 3 is 2.62 bits per heavy atom. The van der Waals surface area contributed by atoms with Crippen molar-refractivity contribution < 1.29 is 17.9 Å². The lowest BCUT2D eigenvalue weighted by atomic mass is 10.3. The van der Waals surface area contributed by atoms with Crippen LogP contribution in [-0.2, 0) is 10.0 Å². The van der Waals surface area contributed by atoms with Gasteiger partial charge in [0, 0.05) is 10.1 Å². The van der Waals surface area contributed by atoms with Crippen molar-refractivity contribution in [2.75, 3.05) is 6.61 Å². The maximum absolute atomic E-state index is 13.5. The van der Waals surface area contributed by atoms with Gasteiger partial charge in [-0.25, -0.2) is 17.9 Å². The Hall–Kier alpha value is -0.630. The lowest BCUT2D eigenvalue weighted by Gasteiger charge is -2.09. The summed E-state index contributed by atoms with van der Waals surface area (Å²) in [6.45, 7) is 1.65. The molecule has 0 aromatic heterocycles. The molecular formula is C9H12FNO3S2. The van der Waals surface area contributed by atoms with E-state index in [1.54, 1.807) is 6.92 Å². The molecule has 0 aliphatic heterocycles. The number of aliphatic hydroxyl groups is 1. The van der Waals surface area contributed by atoms with Gasteiger partial charge in [0.05, 0.1) is 11.5 Å². The lowest BCUT2D eigenvalue weighted by molar-refractivity contribution is 0.300. The molecule has 1 atom stereocenters. The summed E-state index contributed by atoms with van der Waals surface area (Å²) in [6, 6.07) is 3.46. The van der Waals surface area contributed by atoms with Gasteiger partial charge in [-0.2, -0.15) is 0 Å². The van der Waals surface area contributed by atoms with Gasteiger partial charge in [-0.15, -0.1) is 11.8 Å². The highest BCUT2D eigenvalue weighted by Crippen LogP contribution is 2.27. The number of primary sulfonamides is 1. The maximum atomic E-state index is 13.5. The van der Waals surface area contributed by atoms with E-state index in [-0.39, 0.29) is 21.6 Å². The molecule has 16 heavy (non-hydrogen) atoms. The quantitative estimate of drug-likeness (QED) is 0.794. The van der Waals surface area contributed by atoms with E-state index in [1.807, 2.05) is 0 Å². The van der Waals surface area contributed by atoms with Crippen molar-refractivity contribution in [3.8, 4) is 0 Å². The fourth-order valence-corrected chi connectivity index (χ4v) is 2.36. The average Bonchev–Trinajstić information content (AvgIpc) is 2.19. The van der Waals surface area contributed by atoms with E-state index < -0.39 is 15.8 Å². The van der Waals surface area contributed by atoms with E-state index in [0.29, 0.717) is 0 Å². The van der Waals surface area contributed by atoms with Crippen LogP contribution in [0.1, 0.15) is 6.92 Å². The monoisotopic (exact) mass is 265 g/mol. The largest absolute Gasteiger partial charge is 0.395 e. The van der Waals surface area contributed by atoms with Crippen LogP contribution in [0.4, 0.5) is 4.39 Å². The molecule has 7 heteroatoms. The minimum Gasteiger partial charge on any atom is -0.395 e. The molecule has 1 aromatic rings. The van der Waals surface area contributed by atoms with Crippen molar-refractivity contribution in [2.24, 2.45) is 5.14 Å². The highest BCUT2D eigenvalue weighted by atomic mass is 32.2. The van der Waals surface area contributed by atoms with Crippen LogP contribution >= 0.6 is 11.8 Å². The van der Waals surface area contributed by atoms with Crippen molar-refractivity contribution in [1.82, 2.24) is 0 Å². The Labute approximate surface area is 97.7 Å². The second-order valence-electron chi connectivity index (χ2n) is 3.25. The van der Waals surface area contributed by atoms with Crippen molar-refractivity contribution >= 4 is 21.8 Å². The number of benzene rings is 1. The van der Waals surface area contributed by atoms with Gasteiger partial charge < -0.3 is 5.11 Å². The predicted molar refractivity (Wildman–Crippen MR) is 60.2 cm³/mol. The third-order valence-electron chi connectivity index (χ3n) is 1.82. The minimum atomic E-state index is -3.87. The van der Waals surface area contributed by atoms with Crippen molar-refractivity contribution in [1.29, 1.82) is 0 Å². The van der Waals surface area contributed by atoms with E-state index in [9.17, 15) is 12.8 Å². The normalized spacial score (nSPS) is 13.8. The van der Waals surface area contributed by atoms with Crippen LogP contribution < -0.4 is 5.14 Å². The van der Waals surface area contributed by atoms with Crippen LogP contribution in [0.15, 0.2) is 28.0 Å². The van der Waals surface area contributed by atoms with Gasteiger partial charge in [0.1, 0.15) is 5.82 Å². The van der Waals surface area contributed by atoms with E-state index >= 15 is 0 Å². The van der Waals surface area contributed by atoms with Crippen LogP contribution in [0.25, 0.3) is 0 Å². The first kappa shape index (κ1) is 13.4. The van der Waals surface area contributed by atoms with Crippen LogP contribution in [-0.4, -0.2) is 25.4 Å². The molecule has 4 nitrogen and oxygen atoms in total. The van der Waals surface area contributed by atoms with Crippen LogP contribution in [0.2, 0.25) is 0 Å². The highest BCUT2D eigenvalue weighted by Gasteiger charge is 2.13. The van der Waals surface area contributed by atoms with Gasteiger partial charge in [0.2, 0.25) is 10.0 Å². The molecule has 0 bridgehead atoms. The summed E-state index contributed by atoms with van der Waals surface area (Å²) in [6.07, 6.45) is 0. The molecule has 1 rings (SSSR count). The zero-order valence-corrected chi connectivity index (χ0v) is 10.2. The summed E-state index contributed by atoms with van der Waals surface area (Å²) in [5, 5.41) is 13.5. The molecule has 90 valence electrons. The summed E-state index contributed by atoms with van der Waals surface area (Å²) in [7, 11) is -3.87. The molecule has 0 fully saturated rings. The van der Waals surface area contributed by atoms with E-state index in [0.717, 1.165) is 17.8 Å². The molecule has 3 N–H and O–H groups in total. The van der Waals surface area contributed by atoms with E-state index in [2.05, 4.69) is 0 Å². The first-order valence-corrected chi connectivity index (χ1v) is 6.87. The summed E-state index contributed by atoms with van der Waals surface area (Å²) < 4.78 is 35.3. The van der Waals surface area contributed by atoms with Gasteiger partial charge in [0.25, 0.3) is 0 Å². The molecule has 0 aliphatic carbocycles. The molecule has 0 spiro atoms. The summed E-state index contributed by atoms with van der Waals surface area (Å²) >= 11 is 1.13. The molecule has 0 heterocycles. The van der Waals surface area contributed by atoms with Gasteiger partial charge in [-0.05, 0) is 18.2 Å². The summed E-state index contributed by atoms with van der Waals surface area (Å²) in [4.78, 5) is 0.0277. The standard InChI is InChI=1S/C9H12FNO3S2/c1-6(5-12)15-9-3-2-7(4-8(9)10)16(11,13)14/h2-4,6,12H,5H2,1H3,(H2,11,13,14). The lowest BCUT2D eigenvalue weighted by Crippen LogP contribution is -2.12. The van der Waals surface area contributed by atoms with Crippen molar-refractivity contribution in [2.45, 2.75) is 22.0 Å². The molecule has 0 aliphatic rings. The molecule has 0 saturated heterocycles. The van der Waals surface area contributed by atoms with Crippen LogP contribution in [0.3, 0.4) is 0 Å². The zero-order chi connectivity index (χ0) is 12.3. The number of thioether (sulfide) groups is 1. The Morgan fingerprint density at radius 1 is 1.56 bits per heavy atom. The van der Waals surface area contributed by atoms with E-state index in [4.69, 9.17) is 10.2 Å². The molecule has 0 saturated carbocycles. The number of sulfonamides is 1. The Kier molecular flexibility index (Phi) is 4.31. The van der Waals surface area contributed by atoms with Crippen LogP contribution in [0.5, 0.6) is 0 Å². The Balaban J connectivity index is 3.01. The number of aliphatic hydroxyl groups excluding tert-OH is 1. The van der Waals surface area contributed by atoms with Gasteiger partial charge in [-0.3, -0.25) is 0 Å². The Bertz CT molecular complexity index is 476. The fourth-order valence-electron chi connectivity index (χ4n) is 1.01. The zero-order valence-electron chi connectivity index (χ0n) is 8.55.